The lowest BCUT2D eigenvalue weighted by Gasteiger charge is -2.17. The van der Waals surface area contributed by atoms with Crippen molar-refractivity contribution < 1.29 is 0 Å². The van der Waals surface area contributed by atoms with Crippen LogP contribution in [-0.2, 0) is 0 Å². The highest BCUT2D eigenvalue weighted by atomic mass is 32.1. The fraction of sp³-hybridized carbons (Fsp3) is 0. The van der Waals surface area contributed by atoms with E-state index in [0.717, 1.165) is 0 Å². The van der Waals surface area contributed by atoms with Gasteiger partial charge in [0.15, 0.2) is 0 Å². The summed E-state index contributed by atoms with van der Waals surface area (Å²) >= 11 is 3.77. The molecule has 2 heteroatoms. The summed E-state index contributed by atoms with van der Waals surface area (Å²) < 4.78 is 5.35. The second-order valence-corrected chi connectivity index (χ2v) is 13.8. The van der Waals surface area contributed by atoms with Gasteiger partial charge in [0, 0.05) is 40.3 Å². The van der Waals surface area contributed by atoms with Crippen molar-refractivity contribution >= 4 is 95.3 Å². The van der Waals surface area contributed by atoms with Crippen molar-refractivity contribution in [3.63, 3.8) is 0 Å². The van der Waals surface area contributed by atoms with E-state index >= 15 is 0 Å². The molecule has 0 spiro atoms. The van der Waals surface area contributed by atoms with E-state index in [2.05, 4.69) is 146 Å². The van der Waals surface area contributed by atoms with Crippen LogP contribution in [0.15, 0.2) is 146 Å². The minimum atomic E-state index is 1.26. The number of thiophene rings is 2. The van der Waals surface area contributed by atoms with Gasteiger partial charge in [-0.2, -0.15) is 0 Å². The molecule has 0 radical (unpaired) electrons. The van der Waals surface area contributed by atoms with E-state index in [0.29, 0.717) is 0 Å². The van der Waals surface area contributed by atoms with E-state index in [1.165, 1.54) is 94.9 Å². The van der Waals surface area contributed by atoms with Crippen LogP contribution >= 0.6 is 22.7 Å². The summed E-state index contributed by atoms with van der Waals surface area (Å²) in [4.78, 5) is 0. The molecular weight excluding hydrogens is 569 g/mol. The molecule has 0 fully saturated rings. The Morgan fingerprint density at radius 1 is 0.273 bits per heavy atom. The average Bonchev–Trinajstić information content (AvgIpc) is 3.65. The SMILES string of the molecule is c1ccc2c(c1)sc1cc(-c3cccc4c5ccccc5c5cccc(-c6ccc7c(c6)sc6ccccc67)c5c34)ccc12. The summed E-state index contributed by atoms with van der Waals surface area (Å²) in [5.41, 5.74) is 5.10. The van der Waals surface area contributed by atoms with Crippen molar-refractivity contribution in [3.05, 3.63) is 146 Å². The first-order valence-corrected chi connectivity index (χ1v) is 16.6. The molecule has 10 aromatic rings. The van der Waals surface area contributed by atoms with E-state index in [1.807, 2.05) is 22.7 Å². The summed E-state index contributed by atoms with van der Waals surface area (Å²) in [6.45, 7) is 0. The van der Waals surface area contributed by atoms with Crippen molar-refractivity contribution in [2.45, 2.75) is 0 Å². The Bertz CT molecular complexity index is 2580. The molecular formula is C42H24S2. The van der Waals surface area contributed by atoms with Gasteiger partial charge in [-0.15, -0.1) is 22.7 Å². The molecule has 44 heavy (non-hydrogen) atoms. The van der Waals surface area contributed by atoms with Crippen LogP contribution in [0.25, 0.3) is 94.9 Å². The molecule has 0 aliphatic carbocycles. The lowest BCUT2D eigenvalue weighted by molar-refractivity contribution is 1.70. The quantitative estimate of drug-likeness (QED) is 0.175. The summed E-state index contributed by atoms with van der Waals surface area (Å²) in [5.74, 6) is 0. The Labute approximate surface area is 262 Å². The van der Waals surface area contributed by atoms with Crippen LogP contribution in [0.2, 0.25) is 0 Å². The lowest BCUT2D eigenvalue weighted by atomic mass is 9.86. The van der Waals surface area contributed by atoms with E-state index in [-0.39, 0.29) is 0 Å². The second kappa shape index (κ2) is 9.24. The first kappa shape index (κ1) is 24.4. The van der Waals surface area contributed by atoms with Crippen LogP contribution in [0.4, 0.5) is 0 Å². The topological polar surface area (TPSA) is 0 Å². The number of fused-ring (bicyclic) bond motifs is 12. The van der Waals surface area contributed by atoms with Crippen LogP contribution in [0.5, 0.6) is 0 Å². The van der Waals surface area contributed by atoms with Crippen LogP contribution < -0.4 is 0 Å². The molecule has 0 unspecified atom stereocenters. The van der Waals surface area contributed by atoms with Crippen LogP contribution in [-0.4, -0.2) is 0 Å². The van der Waals surface area contributed by atoms with Crippen LogP contribution in [0.3, 0.4) is 0 Å². The highest BCUT2D eigenvalue weighted by Crippen LogP contribution is 2.46. The van der Waals surface area contributed by atoms with Crippen LogP contribution in [0, 0.1) is 0 Å². The van der Waals surface area contributed by atoms with Crippen molar-refractivity contribution in [1.82, 2.24) is 0 Å². The number of rotatable bonds is 2. The standard InChI is InChI=1S/C42H24S2/c1-2-10-30-29(9-1)35-15-7-13-27(25-19-21-33-31-11-3-5-17-37(31)43-39(33)23-25)41(35)42-28(14-8-16-36(30)42)26-20-22-34-32-12-4-6-18-38(32)44-40(34)24-26/h1-24H. The maximum absolute atomic E-state index is 2.40. The van der Waals surface area contributed by atoms with Gasteiger partial charge in [-0.25, -0.2) is 0 Å². The monoisotopic (exact) mass is 592 g/mol. The summed E-state index contributed by atoms with van der Waals surface area (Å²) in [6, 6.07) is 54.2. The maximum Gasteiger partial charge on any atom is 0.0361 e. The van der Waals surface area contributed by atoms with Gasteiger partial charge in [0.05, 0.1) is 0 Å². The Hall–Kier alpha value is -5.02. The van der Waals surface area contributed by atoms with Gasteiger partial charge in [-0.05, 0) is 78.8 Å². The Morgan fingerprint density at radius 2 is 0.659 bits per heavy atom. The number of hydrogen-bond donors (Lipinski definition) is 0. The smallest absolute Gasteiger partial charge is 0.0361 e. The molecule has 2 heterocycles. The molecule has 204 valence electrons. The summed E-state index contributed by atoms with van der Waals surface area (Å²) in [7, 11) is 0. The largest absolute Gasteiger partial charge is 0.135 e. The highest BCUT2D eigenvalue weighted by Gasteiger charge is 2.18. The molecule has 2 aromatic heterocycles. The molecule has 0 aliphatic heterocycles. The van der Waals surface area contributed by atoms with Gasteiger partial charge in [0.2, 0.25) is 0 Å². The predicted molar refractivity (Wildman–Crippen MR) is 196 cm³/mol. The van der Waals surface area contributed by atoms with Gasteiger partial charge in [-0.1, -0.05) is 121 Å². The van der Waals surface area contributed by atoms with Crippen molar-refractivity contribution in [2.24, 2.45) is 0 Å². The van der Waals surface area contributed by atoms with Crippen molar-refractivity contribution in [1.29, 1.82) is 0 Å². The van der Waals surface area contributed by atoms with Crippen molar-refractivity contribution in [2.75, 3.05) is 0 Å². The lowest BCUT2D eigenvalue weighted by Crippen LogP contribution is -1.90. The van der Waals surface area contributed by atoms with E-state index in [9.17, 15) is 0 Å². The second-order valence-electron chi connectivity index (χ2n) is 11.6. The Morgan fingerprint density at radius 3 is 1.14 bits per heavy atom. The van der Waals surface area contributed by atoms with Gasteiger partial charge < -0.3 is 0 Å². The molecule has 0 atom stereocenters. The van der Waals surface area contributed by atoms with Crippen LogP contribution in [0.1, 0.15) is 0 Å². The fourth-order valence-electron chi connectivity index (χ4n) is 7.31. The summed E-state index contributed by atoms with van der Waals surface area (Å²) in [6.07, 6.45) is 0. The third-order valence-electron chi connectivity index (χ3n) is 9.27. The first-order valence-electron chi connectivity index (χ1n) is 15.0. The molecule has 0 saturated carbocycles. The number of benzene rings is 8. The first-order chi connectivity index (χ1) is 21.8. The third kappa shape index (κ3) is 3.44. The van der Waals surface area contributed by atoms with E-state index in [4.69, 9.17) is 0 Å². The van der Waals surface area contributed by atoms with E-state index in [1.54, 1.807) is 0 Å². The Kier molecular flexibility index (Phi) is 5.13. The molecule has 0 nitrogen and oxygen atoms in total. The predicted octanol–water partition coefficient (Wildman–Crippen LogP) is 13.2. The zero-order valence-electron chi connectivity index (χ0n) is 23.7. The molecule has 0 bridgehead atoms. The third-order valence-corrected chi connectivity index (χ3v) is 11.5. The maximum atomic E-state index is 2.40. The van der Waals surface area contributed by atoms with Gasteiger partial charge in [-0.3, -0.25) is 0 Å². The summed E-state index contributed by atoms with van der Waals surface area (Å²) in [5, 5.41) is 13.2. The fourth-order valence-corrected chi connectivity index (χ4v) is 9.60. The van der Waals surface area contributed by atoms with Gasteiger partial charge in [0.1, 0.15) is 0 Å². The zero-order chi connectivity index (χ0) is 28.8. The Balaban J connectivity index is 1.32. The average molecular weight is 593 g/mol. The zero-order valence-corrected chi connectivity index (χ0v) is 25.3. The van der Waals surface area contributed by atoms with Crippen molar-refractivity contribution in [3.8, 4) is 22.3 Å². The molecule has 8 aromatic carbocycles. The molecule has 10 rings (SSSR count). The van der Waals surface area contributed by atoms with Gasteiger partial charge in [0.25, 0.3) is 0 Å². The van der Waals surface area contributed by atoms with Gasteiger partial charge >= 0.3 is 0 Å². The minimum absolute atomic E-state index is 1.26. The highest BCUT2D eigenvalue weighted by molar-refractivity contribution is 7.26. The van der Waals surface area contributed by atoms with E-state index < -0.39 is 0 Å². The normalized spacial score (nSPS) is 12.1. The number of hydrogen-bond acceptors (Lipinski definition) is 2. The molecule has 0 aliphatic rings. The molecule has 0 N–H and O–H groups in total. The molecule has 0 amide bonds. The minimum Gasteiger partial charge on any atom is -0.135 e. The molecule has 0 saturated heterocycles.